The van der Waals surface area contributed by atoms with Crippen molar-refractivity contribution in [1.82, 2.24) is 19.9 Å². The van der Waals surface area contributed by atoms with E-state index < -0.39 is 0 Å². The van der Waals surface area contributed by atoms with E-state index in [1.165, 1.54) is 50.6 Å². The van der Waals surface area contributed by atoms with Crippen molar-refractivity contribution < 1.29 is 0 Å². The van der Waals surface area contributed by atoms with Crippen LogP contribution in [0.5, 0.6) is 0 Å². The van der Waals surface area contributed by atoms with Gasteiger partial charge < -0.3 is 9.88 Å². The molecule has 0 amide bonds. The summed E-state index contributed by atoms with van der Waals surface area (Å²) < 4.78 is 0. The maximum atomic E-state index is 4.63. The minimum absolute atomic E-state index is 0.707. The van der Waals surface area contributed by atoms with E-state index in [-0.39, 0.29) is 0 Å². The first-order valence-corrected chi connectivity index (χ1v) is 9.14. The molecule has 1 saturated carbocycles. The summed E-state index contributed by atoms with van der Waals surface area (Å²) in [5, 5.41) is 1.17. The van der Waals surface area contributed by atoms with Crippen LogP contribution in [-0.2, 0) is 0 Å². The number of rotatable bonds is 3. The van der Waals surface area contributed by atoms with Gasteiger partial charge in [0.25, 0.3) is 0 Å². The number of aromatic amines is 1. The molecule has 0 unspecified atom stereocenters. The third-order valence-corrected chi connectivity index (χ3v) is 6.18. The minimum Gasteiger partial charge on any atom is -0.354 e. The van der Waals surface area contributed by atoms with E-state index in [0.29, 0.717) is 6.04 Å². The van der Waals surface area contributed by atoms with Gasteiger partial charge in [-0.25, -0.2) is 9.97 Å². The number of hydrogen-bond donors (Lipinski definition) is 1. The van der Waals surface area contributed by atoms with Crippen molar-refractivity contribution in [2.24, 2.45) is 11.8 Å². The molecule has 0 spiro atoms. The molecular weight excluding hydrogens is 286 g/mol. The molecule has 122 valence electrons. The SMILES string of the molecule is c1nc(N2C[C@@H]3CC[C@H](C2)N(CC2CCC2)C3)c2cc[nH]c2n1. The summed E-state index contributed by atoms with van der Waals surface area (Å²) in [6, 6.07) is 2.82. The van der Waals surface area contributed by atoms with Gasteiger partial charge in [-0.1, -0.05) is 6.42 Å². The highest BCUT2D eigenvalue weighted by molar-refractivity contribution is 5.87. The van der Waals surface area contributed by atoms with Crippen LogP contribution in [-0.4, -0.2) is 52.1 Å². The average molecular weight is 311 g/mol. The second kappa shape index (κ2) is 5.48. The van der Waals surface area contributed by atoms with Crippen LogP contribution in [0, 0.1) is 11.8 Å². The lowest BCUT2D eigenvalue weighted by Crippen LogP contribution is -2.47. The Morgan fingerprint density at radius 2 is 2.04 bits per heavy atom. The van der Waals surface area contributed by atoms with Gasteiger partial charge in [-0.3, -0.25) is 4.90 Å². The quantitative estimate of drug-likeness (QED) is 0.947. The van der Waals surface area contributed by atoms with Crippen LogP contribution in [0.1, 0.15) is 32.1 Å². The highest BCUT2D eigenvalue weighted by atomic mass is 15.3. The normalized spacial score (nSPS) is 29.0. The first-order chi connectivity index (χ1) is 11.4. The Kier molecular flexibility index (Phi) is 3.28. The van der Waals surface area contributed by atoms with Crippen LogP contribution >= 0.6 is 0 Å². The van der Waals surface area contributed by atoms with Crippen molar-refractivity contribution in [1.29, 1.82) is 0 Å². The molecule has 23 heavy (non-hydrogen) atoms. The Bertz CT molecular complexity index is 692. The fourth-order valence-electron chi connectivity index (χ4n) is 4.69. The lowest BCUT2D eigenvalue weighted by Gasteiger charge is -2.40. The molecule has 5 nitrogen and oxygen atoms in total. The zero-order chi connectivity index (χ0) is 15.2. The Morgan fingerprint density at radius 3 is 2.91 bits per heavy atom. The first kappa shape index (κ1) is 13.8. The van der Waals surface area contributed by atoms with Crippen LogP contribution in [0.2, 0.25) is 0 Å². The largest absolute Gasteiger partial charge is 0.354 e. The summed E-state index contributed by atoms with van der Waals surface area (Å²) >= 11 is 0. The fourth-order valence-corrected chi connectivity index (χ4v) is 4.69. The number of H-pyrrole nitrogens is 1. The van der Waals surface area contributed by atoms with Gasteiger partial charge in [0.05, 0.1) is 5.39 Å². The molecule has 3 aliphatic heterocycles. The Morgan fingerprint density at radius 1 is 1.09 bits per heavy atom. The van der Waals surface area contributed by atoms with E-state index in [4.69, 9.17) is 0 Å². The number of nitrogens with one attached hydrogen (secondary N) is 1. The molecule has 2 atom stereocenters. The predicted molar refractivity (Wildman–Crippen MR) is 91.5 cm³/mol. The van der Waals surface area contributed by atoms with Crippen molar-refractivity contribution in [2.75, 3.05) is 31.1 Å². The van der Waals surface area contributed by atoms with E-state index in [9.17, 15) is 0 Å². The fraction of sp³-hybridized carbons (Fsp3) is 0.667. The van der Waals surface area contributed by atoms with Crippen LogP contribution in [0.15, 0.2) is 18.6 Å². The molecule has 1 aliphatic carbocycles. The van der Waals surface area contributed by atoms with Gasteiger partial charge in [0, 0.05) is 38.4 Å². The van der Waals surface area contributed by atoms with Crippen molar-refractivity contribution in [3.8, 4) is 0 Å². The highest BCUT2D eigenvalue weighted by Crippen LogP contribution is 2.35. The lowest BCUT2D eigenvalue weighted by atomic mass is 9.83. The molecular formula is C18H25N5. The van der Waals surface area contributed by atoms with Gasteiger partial charge in [-0.15, -0.1) is 0 Å². The molecule has 4 aliphatic rings. The molecule has 1 N–H and O–H groups in total. The molecule has 3 saturated heterocycles. The third kappa shape index (κ3) is 2.42. The van der Waals surface area contributed by atoms with Gasteiger partial charge in [-0.2, -0.15) is 0 Å². The smallest absolute Gasteiger partial charge is 0.142 e. The van der Waals surface area contributed by atoms with Crippen molar-refractivity contribution in [3.05, 3.63) is 18.6 Å². The van der Waals surface area contributed by atoms with E-state index >= 15 is 0 Å². The molecule has 0 radical (unpaired) electrons. The van der Waals surface area contributed by atoms with Gasteiger partial charge in [-0.05, 0) is 43.6 Å². The number of piperidine rings is 1. The summed E-state index contributed by atoms with van der Waals surface area (Å²) in [6.07, 6.45) is 10.8. The lowest BCUT2D eigenvalue weighted by molar-refractivity contribution is 0.0917. The van der Waals surface area contributed by atoms with Crippen molar-refractivity contribution >= 4 is 16.9 Å². The summed E-state index contributed by atoms with van der Waals surface area (Å²) in [5.74, 6) is 2.88. The Labute approximate surface area is 137 Å². The number of aromatic nitrogens is 3. The average Bonchev–Trinajstić information content (AvgIpc) is 2.83. The first-order valence-electron chi connectivity index (χ1n) is 9.14. The van der Waals surface area contributed by atoms with E-state index in [1.807, 2.05) is 6.20 Å². The monoisotopic (exact) mass is 311 g/mol. The molecule has 5 heteroatoms. The van der Waals surface area contributed by atoms with Gasteiger partial charge in [0.15, 0.2) is 0 Å². The second-order valence-corrected chi connectivity index (χ2v) is 7.69. The maximum Gasteiger partial charge on any atom is 0.142 e. The predicted octanol–water partition coefficient (Wildman–Crippen LogP) is 2.66. The van der Waals surface area contributed by atoms with Crippen LogP contribution in [0.3, 0.4) is 0 Å². The Balaban J connectivity index is 1.41. The maximum absolute atomic E-state index is 4.63. The molecule has 6 rings (SSSR count). The standard InChI is InChI=1S/C18H25N5/c1-2-13(3-1)8-22-9-14-4-5-15(22)11-23(10-14)18-16-6-7-19-17(16)20-12-21-18/h6-7,12-15H,1-5,8-11H2,(H,19,20,21)/t14-,15-/m1/s1. The third-order valence-electron chi connectivity index (χ3n) is 6.18. The van der Waals surface area contributed by atoms with E-state index in [0.717, 1.165) is 36.4 Å². The number of hydrogen-bond acceptors (Lipinski definition) is 4. The van der Waals surface area contributed by atoms with Gasteiger partial charge in [0.2, 0.25) is 0 Å². The molecule has 0 aromatic carbocycles. The van der Waals surface area contributed by atoms with E-state index in [1.54, 1.807) is 6.33 Å². The topological polar surface area (TPSA) is 48.1 Å². The molecule has 2 bridgehead atoms. The Hall–Kier alpha value is -1.62. The van der Waals surface area contributed by atoms with Crippen LogP contribution < -0.4 is 4.90 Å². The number of fused-ring (bicyclic) bond motifs is 5. The molecule has 5 heterocycles. The van der Waals surface area contributed by atoms with Gasteiger partial charge >= 0.3 is 0 Å². The van der Waals surface area contributed by atoms with Crippen LogP contribution in [0.25, 0.3) is 11.0 Å². The molecule has 4 fully saturated rings. The van der Waals surface area contributed by atoms with Crippen molar-refractivity contribution in [3.63, 3.8) is 0 Å². The zero-order valence-corrected chi connectivity index (χ0v) is 13.6. The van der Waals surface area contributed by atoms with Crippen LogP contribution in [0.4, 0.5) is 5.82 Å². The second-order valence-electron chi connectivity index (χ2n) is 7.69. The number of anilines is 1. The minimum atomic E-state index is 0.707. The molecule has 2 aromatic heterocycles. The summed E-state index contributed by atoms with van der Waals surface area (Å²) in [4.78, 5) is 17.5. The van der Waals surface area contributed by atoms with Gasteiger partial charge in [0.1, 0.15) is 17.8 Å². The number of nitrogens with zero attached hydrogens (tertiary/aromatic N) is 4. The summed E-state index contributed by atoms with van der Waals surface area (Å²) in [6.45, 7) is 4.90. The highest BCUT2D eigenvalue weighted by Gasteiger charge is 2.37. The zero-order valence-electron chi connectivity index (χ0n) is 13.6. The summed E-state index contributed by atoms with van der Waals surface area (Å²) in [7, 11) is 0. The molecule has 2 aromatic rings. The summed E-state index contributed by atoms with van der Waals surface area (Å²) in [5.41, 5.74) is 0.956. The van der Waals surface area contributed by atoms with E-state index in [2.05, 4.69) is 30.8 Å². The van der Waals surface area contributed by atoms with Crippen molar-refractivity contribution in [2.45, 2.75) is 38.1 Å².